The number of halogens is 1. The van der Waals surface area contributed by atoms with Crippen molar-refractivity contribution < 1.29 is 4.74 Å². The Morgan fingerprint density at radius 1 is 1.19 bits per heavy atom. The molecule has 1 aromatic heterocycles. The van der Waals surface area contributed by atoms with Crippen LogP contribution in [0.25, 0.3) is 0 Å². The maximum Gasteiger partial charge on any atom is 0.246 e. The molecule has 0 saturated carbocycles. The Hall–Kier alpha value is -1.83. The highest BCUT2D eigenvalue weighted by Crippen LogP contribution is 2.25. The van der Waals surface area contributed by atoms with Crippen LogP contribution < -0.4 is 10.6 Å². The number of nitrogens with zero attached hydrogens (tertiary/aromatic N) is 4. The van der Waals surface area contributed by atoms with Crippen molar-refractivity contribution in [3.8, 4) is 0 Å². The first-order valence-corrected chi connectivity index (χ1v) is 9.57. The SMILES string of the molecule is Nc1nc(N2CCC(N3CCOC[C@H]3Cc3ccc(Cl)cc3)CC2)n[nH]1. The summed E-state index contributed by atoms with van der Waals surface area (Å²) in [6.45, 7) is 4.51. The van der Waals surface area contributed by atoms with Crippen LogP contribution in [0.2, 0.25) is 5.02 Å². The summed E-state index contributed by atoms with van der Waals surface area (Å²) in [7, 11) is 0. The molecule has 0 spiro atoms. The van der Waals surface area contributed by atoms with E-state index in [4.69, 9.17) is 22.1 Å². The number of nitrogen functional groups attached to an aromatic ring is 1. The van der Waals surface area contributed by atoms with Gasteiger partial charge >= 0.3 is 0 Å². The fourth-order valence-corrected chi connectivity index (χ4v) is 4.15. The number of aromatic nitrogens is 3. The highest BCUT2D eigenvalue weighted by atomic mass is 35.5. The summed E-state index contributed by atoms with van der Waals surface area (Å²) < 4.78 is 5.78. The van der Waals surface area contributed by atoms with Crippen molar-refractivity contribution in [3.63, 3.8) is 0 Å². The fourth-order valence-electron chi connectivity index (χ4n) is 4.02. The molecule has 4 rings (SSSR count). The maximum absolute atomic E-state index is 6.01. The number of ether oxygens (including phenoxy) is 1. The molecule has 0 aliphatic carbocycles. The fraction of sp³-hybridized carbons (Fsp3) is 0.556. The van der Waals surface area contributed by atoms with E-state index in [1.165, 1.54) is 5.56 Å². The molecule has 2 aromatic rings. The minimum Gasteiger partial charge on any atom is -0.378 e. The summed E-state index contributed by atoms with van der Waals surface area (Å²) in [5.74, 6) is 1.08. The molecule has 140 valence electrons. The van der Waals surface area contributed by atoms with Crippen LogP contribution in [0.3, 0.4) is 0 Å². The number of piperidine rings is 1. The summed E-state index contributed by atoms with van der Waals surface area (Å²) >= 11 is 6.01. The van der Waals surface area contributed by atoms with Gasteiger partial charge in [0.1, 0.15) is 0 Å². The van der Waals surface area contributed by atoms with Gasteiger partial charge in [-0.05, 0) is 37.0 Å². The lowest BCUT2D eigenvalue weighted by Gasteiger charge is -2.44. The average molecular weight is 377 g/mol. The van der Waals surface area contributed by atoms with Gasteiger partial charge in [-0.1, -0.05) is 23.7 Å². The zero-order valence-electron chi connectivity index (χ0n) is 14.8. The van der Waals surface area contributed by atoms with Crippen molar-refractivity contribution in [1.82, 2.24) is 20.1 Å². The van der Waals surface area contributed by atoms with Crippen LogP contribution in [0.5, 0.6) is 0 Å². The molecule has 0 bridgehead atoms. The van der Waals surface area contributed by atoms with Crippen LogP contribution in [0.1, 0.15) is 18.4 Å². The number of nitrogens with one attached hydrogen (secondary N) is 1. The average Bonchev–Trinajstić information content (AvgIpc) is 3.11. The highest BCUT2D eigenvalue weighted by Gasteiger charge is 2.32. The summed E-state index contributed by atoms with van der Waals surface area (Å²) in [5, 5.41) is 7.68. The first-order chi connectivity index (χ1) is 12.7. The Morgan fingerprint density at radius 3 is 2.65 bits per heavy atom. The van der Waals surface area contributed by atoms with Gasteiger partial charge in [-0.15, -0.1) is 5.10 Å². The van der Waals surface area contributed by atoms with E-state index in [0.717, 1.165) is 57.1 Å². The molecule has 1 atom stereocenters. The predicted molar refractivity (Wildman–Crippen MR) is 102 cm³/mol. The Labute approximate surface area is 158 Å². The number of rotatable bonds is 4. The second kappa shape index (κ2) is 7.82. The minimum atomic E-state index is 0.373. The van der Waals surface area contributed by atoms with E-state index in [9.17, 15) is 0 Å². The zero-order valence-corrected chi connectivity index (χ0v) is 15.5. The molecule has 2 aliphatic heterocycles. The van der Waals surface area contributed by atoms with Crippen LogP contribution in [0.15, 0.2) is 24.3 Å². The third kappa shape index (κ3) is 3.95. The van der Waals surface area contributed by atoms with Crippen molar-refractivity contribution >= 4 is 23.5 Å². The maximum atomic E-state index is 6.01. The Balaban J connectivity index is 1.38. The molecule has 26 heavy (non-hydrogen) atoms. The quantitative estimate of drug-likeness (QED) is 0.848. The van der Waals surface area contributed by atoms with Crippen molar-refractivity contribution in [2.24, 2.45) is 0 Å². The van der Waals surface area contributed by atoms with Gasteiger partial charge in [0.2, 0.25) is 11.9 Å². The van der Waals surface area contributed by atoms with E-state index in [-0.39, 0.29) is 0 Å². The molecule has 1 aromatic carbocycles. The van der Waals surface area contributed by atoms with Crippen LogP contribution >= 0.6 is 11.6 Å². The predicted octanol–water partition coefficient (Wildman–Crippen LogP) is 1.95. The number of benzene rings is 1. The van der Waals surface area contributed by atoms with Crippen molar-refractivity contribution in [2.75, 3.05) is 43.5 Å². The summed E-state index contributed by atoms with van der Waals surface area (Å²) in [5.41, 5.74) is 6.95. The van der Waals surface area contributed by atoms with Crippen LogP contribution in [-0.2, 0) is 11.2 Å². The van der Waals surface area contributed by atoms with Gasteiger partial charge in [-0.2, -0.15) is 4.98 Å². The minimum absolute atomic E-state index is 0.373. The first kappa shape index (κ1) is 17.6. The number of hydrogen-bond donors (Lipinski definition) is 2. The number of aromatic amines is 1. The third-order valence-corrected chi connectivity index (χ3v) is 5.62. The van der Waals surface area contributed by atoms with E-state index in [2.05, 4.69) is 37.1 Å². The highest BCUT2D eigenvalue weighted by molar-refractivity contribution is 6.30. The van der Waals surface area contributed by atoms with Crippen LogP contribution in [-0.4, -0.2) is 65.0 Å². The van der Waals surface area contributed by atoms with Crippen molar-refractivity contribution in [1.29, 1.82) is 0 Å². The molecule has 0 amide bonds. The first-order valence-electron chi connectivity index (χ1n) is 9.20. The molecule has 0 unspecified atom stereocenters. The molecule has 2 saturated heterocycles. The van der Waals surface area contributed by atoms with E-state index >= 15 is 0 Å². The van der Waals surface area contributed by atoms with Gasteiger partial charge in [0.05, 0.1) is 13.2 Å². The van der Waals surface area contributed by atoms with Gasteiger partial charge in [0.15, 0.2) is 0 Å². The van der Waals surface area contributed by atoms with Gasteiger partial charge < -0.3 is 15.4 Å². The normalized spacial score (nSPS) is 22.7. The number of anilines is 2. The molecule has 7 nitrogen and oxygen atoms in total. The van der Waals surface area contributed by atoms with Gasteiger partial charge in [0, 0.05) is 36.7 Å². The molecular weight excluding hydrogens is 352 g/mol. The topological polar surface area (TPSA) is 83.3 Å². The van der Waals surface area contributed by atoms with Crippen LogP contribution in [0, 0.1) is 0 Å². The molecule has 0 radical (unpaired) electrons. The number of nitrogens with two attached hydrogens (primary N) is 1. The monoisotopic (exact) mass is 376 g/mol. The number of H-pyrrole nitrogens is 1. The third-order valence-electron chi connectivity index (χ3n) is 5.36. The largest absolute Gasteiger partial charge is 0.378 e. The molecule has 2 aliphatic rings. The van der Waals surface area contributed by atoms with Crippen LogP contribution in [0.4, 0.5) is 11.9 Å². The number of hydrogen-bond acceptors (Lipinski definition) is 6. The van der Waals surface area contributed by atoms with Crippen molar-refractivity contribution in [3.05, 3.63) is 34.9 Å². The lowest BCUT2D eigenvalue weighted by molar-refractivity contribution is -0.0331. The lowest BCUT2D eigenvalue weighted by Crippen LogP contribution is -2.54. The molecular formula is C18H25ClN6O. The van der Waals surface area contributed by atoms with E-state index < -0.39 is 0 Å². The molecule has 8 heteroatoms. The van der Waals surface area contributed by atoms with Crippen molar-refractivity contribution in [2.45, 2.75) is 31.3 Å². The van der Waals surface area contributed by atoms with E-state index in [1.54, 1.807) is 0 Å². The summed E-state index contributed by atoms with van der Waals surface area (Å²) in [6, 6.07) is 9.15. The zero-order chi connectivity index (χ0) is 17.9. The van der Waals surface area contributed by atoms with Gasteiger partial charge in [0.25, 0.3) is 0 Å². The standard InChI is InChI=1S/C18H25ClN6O/c19-14-3-1-13(2-4-14)11-16-12-26-10-9-25(16)15-5-7-24(8-6-15)18-21-17(20)22-23-18/h1-4,15-16H,5-12H2,(H3,20,21,22,23)/t16-/m1/s1. The Bertz CT molecular complexity index is 713. The number of morpholine rings is 1. The smallest absolute Gasteiger partial charge is 0.246 e. The molecule has 3 heterocycles. The van der Waals surface area contributed by atoms with Gasteiger partial charge in [-0.25, -0.2) is 5.10 Å². The second-order valence-electron chi connectivity index (χ2n) is 7.04. The summed E-state index contributed by atoms with van der Waals surface area (Å²) in [4.78, 5) is 9.09. The lowest BCUT2D eigenvalue weighted by atomic mass is 9.97. The summed E-state index contributed by atoms with van der Waals surface area (Å²) in [6.07, 6.45) is 3.20. The second-order valence-corrected chi connectivity index (χ2v) is 7.47. The van der Waals surface area contributed by atoms with Gasteiger partial charge in [-0.3, -0.25) is 4.90 Å². The molecule has 3 N–H and O–H groups in total. The van der Waals surface area contributed by atoms with E-state index in [1.807, 2.05) is 12.1 Å². The Morgan fingerprint density at radius 2 is 1.96 bits per heavy atom. The molecule has 2 fully saturated rings. The Kier molecular flexibility index (Phi) is 5.28. The van der Waals surface area contributed by atoms with E-state index in [0.29, 0.717) is 24.0 Å².